The van der Waals surface area contributed by atoms with Crippen molar-refractivity contribution in [1.82, 2.24) is 19.5 Å². The Hall–Kier alpha value is -7.16. The Kier molecular flexibility index (Phi) is 7.59. The Balaban J connectivity index is 0.866. The zero-order valence-electron chi connectivity index (χ0n) is 32.4. The Morgan fingerprint density at radius 1 is 0.458 bits per heavy atom. The van der Waals surface area contributed by atoms with Crippen molar-refractivity contribution in [2.75, 3.05) is 0 Å². The van der Waals surface area contributed by atoms with Crippen molar-refractivity contribution >= 4 is 21.8 Å². The van der Waals surface area contributed by atoms with Crippen molar-refractivity contribution < 1.29 is 0 Å². The Labute approximate surface area is 343 Å². The van der Waals surface area contributed by atoms with Crippen LogP contribution in [-0.4, -0.2) is 19.5 Å². The van der Waals surface area contributed by atoms with Gasteiger partial charge in [-0.25, -0.2) is 15.0 Å². The van der Waals surface area contributed by atoms with Crippen LogP contribution >= 0.6 is 0 Å². The van der Waals surface area contributed by atoms with E-state index in [1.54, 1.807) is 0 Å². The van der Waals surface area contributed by atoms with Gasteiger partial charge in [-0.05, 0) is 113 Å². The van der Waals surface area contributed by atoms with Gasteiger partial charge in [0, 0.05) is 33.2 Å². The molecular weight excluding hydrogens is 719 g/mol. The molecule has 3 saturated carbocycles. The minimum atomic E-state index is 0.342. The van der Waals surface area contributed by atoms with Crippen LogP contribution in [0.5, 0.6) is 0 Å². The van der Waals surface area contributed by atoms with E-state index in [1.165, 1.54) is 41.5 Å². The molecule has 3 aliphatic rings. The highest BCUT2D eigenvalue weighted by Crippen LogP contribution is 2.84. The normalized spacial score (nSPS) is 21.4. The lowest BCUT2D eigenvalue weighted by molar-refractivity contribution is -0.253. The van der Waals surface area contributed by atoms with Crippen molar-refractivity contribution in [3.8, 4) is 57.0 Å². The van der Waals surface area contributed by atoms with Crippen molar-refractivity contribution in [3.63, 3.8) is 0 Å². The molecule has 5 heteroatoms. The Morgan fingerprint density at radius 2 is 0.966 bits per heavy atom. The third-order valence-corrected chi connectivity index (χ3v) is 14.0. The molecule has 0 aliphatic heterocycles. The molecular formula is C54H39N5. The van der Waals surface area contributed by atoms with Crippen LogP contribution < -0.4 is 0 Å². The van der Waals surface area contributed by atoms with Crippen LogP contribution in [0.4, 0.5) is 0 Å². The highest BCUT2D eigenvalue weighted by atomic mass is 15.0. The number of hydrogen-bond donors (Lipinski definition) is 0. The first-order chi connectivity index (χ1) is 29.2. The summed E-state index contributed by atoms with van der Waals surface area (Å²) in [5, 5.41) is 12.1. The first-order valence-corrected chi connectivity index (χ1v) is 20.8. The number of benzene rings is 7. The molecule has 59 heavy (non-hydrogen) atoms. The average molecular weight is 758 g/mol. The van der Waals surface area contributed by atoms with E-state index >= 15 is 0 Å². The molecule has 5 atom stereocenters. The average Bonchev–Trinajstić information content (AvgIpc) is 3.62. The summed E-state index contributed by atoms with van der Waals surface area (Å²) in [5.74, 6) is 4.75. The summed E-state index contributed by atoms with van der Waals surface area (Å²) in [6.07, 6.45) is 3.90. The summed E-state index contributed by atoms with van der Waals surface area (Å²) >= 11 is 0. The monoisotopic (exact) mass is 757 g/mol. The third kappa shape index (κ3) is 5.19. The van der Waals surface area contributed by atoms with Gasteiger partial charge in [-0.1, -0.05) is 133 Å². The predicted octanol–water partition coefficient (Wildman–Crippen LogP) is 12.8. The molecule has 12 rings (SSSR count). The van der Waals surface area contributed by atoms with Crippen LogP contribution in [0.2, 0.25) is 0 Å². The molecule has 0 amide bonds. The minimum absolute atomic E-state index is 0.342. The SMILES string of the molecule is N#Cc1ccc2c(c1)c1cc(-c3cccc(C4CC5CC6CC(c7ccc(-c8nc(-c9ccccc9)nc(-c9ccccc9)n8)cc7)C654)c3)ccc1n2-c1ccccc1. The van der Waals surface area contributed by atoms with E-state index in [0.717, 1.165) is 56.0 Å². The molecule has 0 saturated heterocycles. The number of para-hydroxylation sites is 1. The van der Waals surface area contributed by atoms with Gasteiger partial charge in [-0.2, -0.15) is 5.26 Å². The zero-order chi connectivity index (χ0) is 39.1. The summed E-state index contributed by atoms with van der Waals surface area (Å²) < 4.78 is 2.31. The summed E-state index contributed by atoms with van der Waals surface area (Å²) in [4.78, 5) is 14.9. The summed E-state index contributed by atoms with van der Waals surface area (Å²) in [7, 11) is 0. The fraction of sp³-hybridized carbons (Fsp3) is 0.148. The molecule has 280 valence electrons. The predicted molar refractivity (Wildman–Crippen MR) is 236 cm³/mol. The molecule has 0 N–H and O–H groups in total. The topological polar surface area (TPSA) is 67.4 Å². The van der Waals surface area contributed by atoms with E-state index in [2.05, 4.69) is 138 Å². The zero-order valence-corrected chi connectivity index (χ0v) is 32.4. The quantitative estimate of drug-likeness (QED) is 0.162. The van der Waals surface area contributed by atoms with Crippen LogP contribution in [0.3, 0.4) is 0 Å². The number of nitrogens with zero attached hydrogens (tertiary/aromatic N) is 5. The van der Waals surface area contributed by atoms with Gasteiger partial charge < -0.3 is 4.57 Å². The first-order valence-electron chi connectivity index (χ1n) is 20.8. The Morgan fingerprint density at radius 3 is 1.58 bits per heavy atom. The van der Waals surface area contributed by atoms with Crippen molar-refractivity contribution in [1.29, 1.82) is 5.26 Å². The maximum atomic E-state index is 9.80. The fourth-order valence-corrected chi connectivity index (χ4v) is 11.3. The third-order valence-electron chi connectivity index (χ3n) is 14.0. The fourth-order valence-electron chi connectivity index (χ4n) is 11.3. The molecule has 0 radical (unpaired) electrons. The van der Waals surface area contributed by atoms with Gasteiger partial charge in [-0.3, -0.25) is 0 Å². The summed E-state index contributed by atoms with van der Waals surface area (Å²) in [6.45, 7) is 0. The molecule has 7 aromatic carbocycles. The standard InChI is InChI=1S/C54H39N5/c55-33-34-19-25-49-45(27-34)46-29-40(24-26-50(46)59(49)44-17-8-3-9-18-44)39-15-10-16-41(28-39)48-32-43-30-42-31-47(54(42,43)48)35-20-22-38(23-21-35)53-57-51(36-11-4-1-5-12-36)56-52(58-53)37-13-6-2-7-14-37/h1-29,42-43,47-48H,30-32H2. The van der Waals surface area contributed by atoms with Crippen LogP contribution in [0, 0.1) is 28.6 Å². The lowest BCUT2D eigenvalue weighted by Crippen LogP contribution is -2.70. The van der Waals surface area contributed by atoms with E-state index in [9.17, 15) is 5.26 Å². The summed E-state index contributed by atoms with van der Waals surface area (Å²) in [5.41, 5.74) is 12.7. The van der Waals surface area contributed by atoms with Crippen LogP contribution in [0.1, 0.15) is 47.8 Å². The maximum Gasteiger partial charge on any atom is 0.164 e. The number of nitriles is 1. The molecule has 9 aromatic rings. The van der Waals surface area contributed by atoms with Gasteiger partial charge in [0.1, 0.15) is 0 Å². The molecule has 1 spiro atoms. The van der Waals surface area contributed by atoms with Gasteiger partial charge in [0.25, 0.3) is 0 Å². The number of rotatable bonds is 7. The van der Waals surface area contributed by atoms with E-state index in [1.807, 2.05) is 48.5 Å². The second kappa shape index (κ2) is 13.2. The van der Waals surface area contributed by atoms with Crippen LogP contribution in [-0.2, 0) is 0 Å². The minimum Gasteiger partial charge on any atom is -0.309 e. The summed E-state index contributed by atoms with van der Waals surface area (Å²) in [6, 6.07) is 64.6. The molecule has 3 fully saturated rings. The lowest BCUT2D eigenvalue weighted by atomic mass is 9.25. The van der Waals surface area contributed by atoms with Gasteiger partial charge in [0.15, 0.2) is 17.5 Å². The van der Waals surface area contributed by atoms with E-state index in [-0.39, 0.29) is 0 Å². The van der Waals surface area contributed by atoms with Gasteiger partial charge in [0.05, 0.1) is 22.7 Å². The number of aromatic nitrogens is 4. The molecule has 0 bridgehead atoms. The van der Waals surface area contributed by atoms with Gasteiger partial charge >= 0.3 is 0 Å². The van der Waals surface area contributed by atoms with Crippen molar-refractivity contribution in [2.24, 2.45) is 17.3 Å². The molecule has 5 unspecified atom stereocenters. The van der Waals surface area contributed by atoms with E-state index < -0.39 is 0 Å². The highest BCUT2D eigenvalue weighted by Gasteiger charge is 2.75. The number of hydrogen-bond acceptors (Lipinski definition) is 4. The lowest BCUT2D eigenvalue weighted by Gasteiger charge is -2.79. The first kappa shape index (κ1) is 33.9. The van der Waals surface area contributed by atoms with Crippen molar-refractivity contribution in [2.45, 2.75) is 31.1 Å². The molecule has 5 nitrogen and oxygen atoms in total. The maximum absolute atomic E-state index is 9.80. The van der Waals surface area contributed by atoms with Gasteiger partial charge in [-0.15, -0.1) is 0 Å². The largest absolute Gasteiger partial charge is 0.309 e. The molecule has 2 aromatic heterocycles. The van der Waals surface area contributed by atoms with Crippen molar-refractivity contribution in [3.05, 3.63) is 193 Å². The molecule has 3 aliphatic carbocycles. The van der Waals surface area contributed by atoms with E-state index in [4.69, 9.17) is 15.0 Å². The highest BCUT2D eigenvalue weighted by molar-refractivity contribution is 6.11. The second-order valence-corrected chi connectivity index (χ2v) is 16.7. The molecule has 2 heterocycles. The van der Waals surface area contributed by atoms with Crippen LogP contribution in [0.25, 0.3) is 72.8 Å². The Bertz CT molecular complexity index is 3050. The van der Waals surface area contributed by atoms with Gasteiger partial charge in [0.2, 0.25) is 0 Å². The second-order valence-electron chi connectivity index (χ2n) is 16.7. The smallest absolute Gasteiger partial charge is 0.164 e. The van der Waals surface area contributed by atoms with E-state index in [0.29, 0.717) is 40.3 Å². The van der Waals surface area contributed by atoms with Crippen LogP contribution in [0.15, 0.2) is 176 Å². The number of fused-ring (bicyclic) bond motifs is 3.